The molecule has 16 heteroatoms. The van der Waals surface area contributed by atoms with E-state index in [9.17, 15) is 14.4 Å². The van der Waals surface area contributed by atoms with E-state index in [1.54, 1.807) is 12.4 Å². The van der Waals surface area contributed by atoms with Crippen LogP contribution in [0.1, 0.15) is 81.1 Å². The fourth-order valence-corrected chi connectivity index (χ4v) is 13.4. The number of carbonyl (C=O) groups excluding carboxylic acids is 3. The number of aromatic nitrogens is 3. The van der Waals surface area contributed by atoms with Crippen molar-refractivity contribution in [3.63, 3.8) is 0 Å². The minimum Gasteiger partial charge on any atom is -0.492 e. The molecule has 3 aliphatic heterocycles. The maximum absolute atomic E-state index is 13.7. The molecule has 3 saturated heterocycles. The van der Waals surface area contributed by atoms with Gasteiger partial charge in [-0.1, -0.05) is 120 Å². The highest BCUT2D eigenvalue weighted by molar-refractivity contribution is 14.1. The van der Waals surface area contributed by atoms with Gasteiger partial charge in [0, 0.05) is 119 Å². The third-order valence-electron chi connectivity index (χ3n) is 18.6. The van der Waals surface area contributed by atoms with Crippen molar-refractivity contribution >= 4 is 73.4 Å². The van der Waals surface area contributed by atoms with Crippen molar-refractivity contribution in [3.05, 3.63) is 286 Å². The van der Waals surface area contributed by atoms with Crippen molar-refractivity contribution in [2.75, 3.05) is 130 Å². The van der Waals surface area contributed by atoms with Crippen LogP contribution in [0, 0.1) is 0 Å². The highest BCUT2D eigenvalue weighted by atomic mass is 127. The van der Waals surface area contributed by atoms with E-state index in [2.05, 4.69) is 68.7 Å². The molecule has 0 radical (unpaired) electrons. The van der Waals surface area contributed by atoms with Crippen molar-refractivity contribution in [1.82, 2.24) is 14.8 Å². The standard InChI is InChI=1S/C28H30N2O3.C27H27N2O3.C26H24N2O3.CH3I/c1-29-12-6-9-22(20-29)27-26(21-7-4-3-5-8-21)24-11-10-23(19-25(24)28(27)31)33-18-15-30(2)13-16-32-17-14-30;1-28-11-5-8-21(19-28)26-25(20-6-3-2-4-7-20)23-10-9-22(18-24(23)27(26)30)32-17-14-29-12-15-31-16-13-29;29-26-23-17-21(31-16-13-28-11-14-30-15-12-28)8-9-22(23)24(19-5-2-1-3-6-19)25(26)20-7-4-10-27-18-20;1-2/h3-12,19-20H,13-18H2,1-2H3;2-11,18-19H,12-17H2,1H3;1-10,17-18H,11-16H2;1H3/q+2;+1;;. The number of aryl methyl sites for hydroxylation is 2. The van der Waals surface area contributed by atoms with Crippen LogP contribution in [0.4, 0.5) is 0 Å². The number of nitrogens with zero attached hydrogens (tertiary/aromatic N) is 6. The van der Waals surface area contributed by atoms with Crippen molar-refractivity contribution in [3.8, 4) is 17.2 Å². The summed E-state index contributed by atoms with van der Waals surface area (Å²) in [5.74, 6) is 2.31. The summed E-state index contributed by atoms with van der Waals surface area (Å²) < 4.78 is 39.3. The number of pyridine rings is 3. The first-order chi connectivity index (χ1) is 48.1. The van der Waals surface area contributed by atoms with Crippen LogP contribution in [0.25, 0.3) is 33.4 Å². The zero-order valence-corrected chi connectivity index (χ0v) is 58.4. The second-order valence-electron chi connectivity index (χ2n) is 25.1. The summed E-state index contributed by atoms with van der Waals surface area (Å²) in [6.07, 6.45) is 11.4. The van der Waals surface area contributed by atoms with E-state index in [0.29, 0.717) is 42.1 Å². The van der Waals surface area contributed by atoms with Crippen LogP contribution in [-0.4, -0.2) is 167 Å². The van der Waals surface area contributed by atoms with Gasteiger partial charge in [0.15, 0.2) is 42.1 Å². The Morgan fingerprint density at radius 2 is 0.776 bits per heavy atom. The van der Waals surface area contributed by atoms with E-state index in [1.807, 2.05) is 211 Å². The molecule has 0 spiro atoms. The summed E-state index contributed by atoms with van der Waals surface area (Å²) in [7, 11) is 6.20. The van der Waals surface area contributed by atoms with E-state index < -0.39 is 0 Å². The van der Waals surface area contributed by atoms with Gasteiger partial charge in [-0.25, -0.2) is 9.13 Å². The SMILES string of the molecule is CI.C[n+]1cccc(C2=C(c3ccccc3)c3ccc(OCCN4CCOCC4)cc3C2=O)c1.C[n+]1cccc(C2=C(c3ccccc3)c3ccc(OCC[N+]4(C)CCOCC4)cc3C2=O)c1.O=C1C(c2cccnc2)=C(c2ccccc2)c2ccc(OCCN3CCOCC3)cc21. The molecule has 0 bridgehead atoms. The van der Waals surface area contributed by atoms with Gasteiger partial charge in [-0.05, 0) is 111 Å². The average molecular weight is 1420 g/mol. The topological polar surface area (TPSA) is 134 Å². The van der Waals surface area contributed by atoms with Crippen LogP contribution in [0.2, 0.25) is 0 Å². The van der Waals surface area contributed by atoms with Crippen LogP contribution in [0.5, 0.6) is 17.2 Å². The quantitative estimate of drug-likeness (QED) is 0.0350. The molecule has 3 fully saturated rings. The van der Waals surface area contributed by atoms with E-state index >= 15 is 0 Å². The molecular formula is C82H84IN6O9+3. The summed E-state index contributed by atoms with van der Waals surface area (Å²) in [5, 5.41) is 0. The van der Waals surface area contributed by atoms with Gasteiger partial charge in [-0.3, -0.25) is 29.2 Å². The zero-order valence-electron chi connectivity index (χ0n) is 56.2. The summed E-state index contributed by atoms with van der Waals surface area (Å²) in [4.78, 5) is 51.7. The number of fused-ring (bicyclic) bond motifs is 3. The maximum Gasteiger partial charge on any atom is 0.195 e. The molecule has 0 saturated carbocycles. The van der Waals surface area contributed by atoms with E-state index in [-0.39, 0.29) is 17.3 Å². The molecule has 6 aliphatic rings. The number of benzene rings is 6. The molecule has 0 amide bonds. The lowest BCUT2D eigenvalue weighted by molar-refractivity contribution is -0.916. The molecule has 3 aliphatic carbocycles. The molecule has 0 atom stereocenters. The van der Waals surface area contributed by atoms with Crippen LogP contribution in [-0.2, 0) is 28.3 Å². The van der Waals surface area contributed by atoms with Crippen molar-refractivity contribution in [1.29, 1.82) is 0 Å². The number of halogens is 1. The highest BCUT2D eigenvalue weighted by Crippen LogP contribution is 2.46. The van der Waals surface area contributed by atoms with Gasteiger partial charge in [0.05, 0.1) is 57.8 Å². The molecule has 0 unspecified atom stereocenters. The number of ketones is 3. The third-order valence-corrected chi connectivity index (χ3v) is 18.6. The van der Waals surface area contributed by atoms with Gasteiger partial charge in [0.1, 0.15) is 70.8 Å². The van der Waals surface area contributed by atoms with Crippen LogP contribution >= 0.6 is 22.6 Å². The molecular weight excluding hydrogens is 1340 g/mol. The number of alkyl halides is 1. The predicted octanol–water partition coefficient (Wildman–Crippen LogP) is 11.9. The van der Waals surface area contributed by atoms with E-state index in [1.165, 1.54) is 0 Å². The Bertz CT molecular complexity index is 4370. The fraction of sp³-hybridized carbons (Fsp3) is 0.268. The molecule has 15 rings (SSSR count). The minimum atomic E-state index is 0.0143. The molecule has 9 aromatic rings. The molecule has 6 heterocycles. The van der Waals surface area contributed by atoms with Gasteiger partial charge in [-0.15, -0.1) is 0 Å². The second-order valence-corrected chi connectivity index (χ2v) is 25.1. The van der Waals surface area contributed by atoms with Crippen molar-refractivity contribution in [2.45, 2.75) is 0 Å². The number of Topliss-reactive ketones (excluding diaryl/α,β-unsaturated/α-hetero) is 3. The Morgan fingerprint density at radius 3 is 1.15 bits per heavy atom. The maximum atomic E-state index is 13.7. The van der Waals surface area contributed by atoms with Crippen LogP contribution in [0.3, 0.4) is 0 Å². The molecule has 98 heavy (non-hydrogen) atoms. The van der Waals surface area contributed by atoms with Crippen molar-refractivity contribution in [2.24, 2.45) is 14.1 Å². The molecule has 6 aromatic carbocycles. The lowest BCUT2D eigenvalue weighted by atomic mass is 9.95. The lowest BCUT2D eigenvalue weighted by Gasteiger charge is -2.37. The summed E-state index contributed by atoms with van der Waals surface area (Å²) in [5.41, 5.74) is 15.9. The van der Waals surface area contributed by atoms with Gasteiger partial charge >= 0.3 is 0 Å². The molecule has 500 valence electrons. The van der Waals surface area contributed by atoms with Gasteiger partial charge in [-0.2, -0.15) is 0 Å². The fourth-order valence-electron chi connectivity index (χ4n) is 13.4. The van der Waals surface area contributed by atoms with Crippen LogP contribution in [0.15, 0.2) is 219 Å². The number of likely N-dealkylation sites (N-methyl/N-ethyl adjacent to an activating group) is 1. The third kappa shape index (κ3) is 16.2. The number of carbonyl (C=O) groups is 3. The first-order valence-electron chi connectivity index (χ1n) is 33.6. The first kappa shape index (κ1) is 68.8. The van der Waals surface area contributed by atoms with Crippen molar-refractivity contribution < 1.29 is 56.4 Å². The first-order valence-corrected chi connectivity index (χ1v) is 35.8. The minimum absolute atomic E-state index is 0.0143. The predicted molar refractivity (Wildman–Crippen MR) is 391 cm³/mol. The molecule has 0 N–H and O–H groups in total. The number of ether oxygens (including phenoxy) is 6. The number of quaternary nitrogens is 1. The van der Waals surface area contributed by atoms with Gasteiger partial charge < -0.3 is 32.9 Å². The Hall–Kier alpha value is -9.11. The summed E-state index contributed by atoms with van der Waals surface area (Å²) >= 11 is 2.15. The smallest absolute Gasteiger partial charge is 0.195 e. The normalized spacial score (nSPS) is 16.4. The number of rotatable bonds is 18. The Morgan fingerprint density at radius 1 is 0.418 bits per heavy atom. The van der Waals surface area contributed by atoms with E-state index in [4.69, 9.17) is 28.4 Å². The number of morpholine rings is 3. The van der Waals surface area contributed by atoms with E-state index in [0.717, 1.165) is 198 Å². The molecule has 3 aromatic heterocycles. The summed E-state index contributed by atoms with van der Waals surface area (Å²) in [6, 6.07) is 59.8. The number of allylic oxidation sites excluding steroid dienone is 3. The Balaban J connectivity index is 0.000000138. The highest BCUT2D eigenvalue weighted by Gasteiger charge is 2.36. The number of hydrogen-bond donors (Lipinski definition) is 0. The zero-order chi connectivity index (χ0) is 67.8. The molecule has 15 nitrogen and oxygen atoms in total. The van der Waals surface area contributed by atoms with Gasteiger partial charge in [0.2, 0.25) is 0 Å². The average Bonchev–Trinajstić information content (AvgIpc) is 1.62. The lowest BCUT2D eigenvalue weighted by Crippen LogP contribution is -2.53. The van der Waals surface area contributed by atoms with Crippen LogP contribution < -0.4 is 23.3 Å². The summed E-state index contributed by atoms with van der Waals surface area (Å²) in [6.45, 7) is 14.9. The van der Waals surface area contributed by atoms with Gasteiger partial charge in [0.25, 0.3) is 0 Å². The monoisotopic (exact) mass is 1420 g/mol. The number of hydrogen-bond acceptors (Lipinski definition) is 12. The second kappa shape index (κ2) is 33.0. The largest absolute Gasteiger partial charge is 0.492 e. The Kier molecular flexibility index (Phi) is 23.1. The Labute approximate surface area is 588 Å².